The zero-order chi connectivity index (χ0) is 21.0. The van der Waals surface area contributed by atoms with Gasteiger partial charge in [-0.2, -0.15) is 0 Å². The highest BCUT2D eigenvalue weighted by molar-refractivity contribution is 7.89. The number of sulfonamides is 1. The predicted molar refractivity (Wildman–Crippen MR) is 117 cm³/mol. The molecule has 1 aliphatic carbocycles. The Morgan fingerprint density at radius 1 is 0.933 bits per heavy atom. The SMILES string of the molecule is O=C(CCc1ccc(S(=O)(=O)NC2CC2)cc1)N1CCCCCC1c1ccccc1. The summed E-state index contributed by atoms with van der Waals surface area (Å²) >= 11 is 0. The van der Waals surface area contributed by atoms with Crippen LogP contribution < -0.4 is 4.72 Å². The molecule has 1 atom stereocenters. The van der Waals surface area contributed by atoms with Crippen LogP contribution in [0.4, 0.5) is 0 Å². The molecule has 0 aromatic heterocycles. The van der Waals surface area contributed by atoms with Gasteiger partial charge in [0, 0.05) is 19.0 Å². The topological polar surface area (TPSA) is 66.5 Å². The van der Waals surface area contributed by atoms with E-state index < -0.39 is 10.0 Å². The molecule has 1 N–H and O–H groups in total. The van der Waals surface area contributed by atoms with Crippen molar-refractivity contribution in [1.82, 2.24) is 9.62 Å². The van der Waals surface area contributed by atoms with Crippen LogP contribution in [0.3, 0.4) is 0 Å². The molecule has 1 amide bonds. The number of aryl methyl sites for hydroxylation is 1. The summed E-state index contributed by atoms with van der Waals surface area (Å²) in [6.45, 7) is 0.808. The summed E-state index contributed by atoms with van der Waals surface area (Å²) in [6, 6.07) is 17.5. The summed E-state index contributed by atoms with van der Waals surface area (Å²) in [5.74, 6) is 0.179. The molecule has 1 saturated heterocycles. The molecule has 1 unspecified atom stereocenters. The van der Waals surface area contributed by atoms with Gasteiger partial charge in [-0.1, -0.05) is 55.3 Å². The van der Waals surface area contributed by atoms with E-state index in [1.807, 2.05) is 30.3 Å². The molecule has 2 aromatic rings. The van der Waals surface area contributed by atoms with E-state index in [0.717, 1.165) is 50.6 Å². The first-order valence-electron chi connectivity index (χ1n) is 11.0. The summed E-state index contributed by atoms with van der Waals surface area (Å²) in [7, 11) is -3.43. The minimum absolute atomic E-state index is 0.0958. The normalized spacial score (nSPS) is 20.0. The van der Waals surface area contributed by atoms with Gasteiger partial charge in [0.15, 0.2) is 0 Å². The molecule has 160 valence electrons. The number of nitrogens with zero attached hydrogens (tertiary/aromatic N) is 1. The molecule has 2 fully saturated rings. The average molecular weight is 427 g/mol. The maximum absolute atomic E-state index is 13.1. The summed E-state index contributed by atoms with van der Waals surface area (Å²) in [6.07, 6.45) is 7.26. The van der Waals surface area contributed by atoms with E-state index in [1.165, 1.54) is 5.56 Å². The number of likely N-dealkylation sites (tertiary alicyclic amines) is 1. The zero-order valence-electron chi connectivity index (χ0n) is 17.3. The minimum atomic E-state index is -3.43. The van der Waals surface area contributed by atoms with Crippen molar-refractivity contribution in [3.8, 4) is 0 Å². The Labute approximate surface area is 179 Å². The van der Waals surface area contributed by atoms with Gasteiger partial charge in [-0.25, -0.2) is 13.1 Å². The Morgan fingerprint density at radius 3 is 2.37 bits per heavy atom. The van der Waals surface area contributed by atoms with E-state index in [0.29, 0.717) is 17.7 Å². The Kier molecular flexibility index (Phi) is 6.54. The summed E-state index contributed by atoms with van der Waals surface area (Å²) in [5.41, 5.74) is 2.20. The summed E-state index contributed by atoms with van der Waals surface area (Å²) < 4.78 is 27.3. The Bertz CT molecular complexity index is 954. The van der Waals surface area contributed by atoms with Crippen LogP contribution in [0, 0.1) is 0 Å². The van der Waals surface area contributed by atoms with Gasteiger partial charge in [0.25, 0.3) is 0 Å². The van der Waals surface area contributed by atoms with Gasteiger partial charge in [-0.3, -0.25) is 4.79 Å². The zero-order valence-corrected chi connectivity index (χ0v) is 18.1. The molecular formula is C24H30N2O3S. The lowest BCUT2D eigenvalue weighted by atomic mass is 10.00. The first-order chi connectivity index (χ1) is 14.5. The number of amides is 1. The maximum atomic E-state index is 13.1. The third-order valence-corrected chi connectivity index (χ3v) is 7.55. The van der Waals surface area contributed by atoms with E-state index in [1.54, 1.807) is 12.1 Å². The van der Waals surface area contributed by atoms with Crippen molar-refractivity contribution in [2.75, 3.05) is 6.54 Å². The van der Waals surface area contributed by atoms with E-state index in [-0.39, 0.29) is 18.0 Å². The number of rotatable bonds is 7. The lowest BCUT2D eigenvalue weighted by Gasteiger charge is -2.30. The van der Waals surface area contributed by atoms with Crippen LogP contribution in [0.5, 0.6) is 0 Å². The molecular weight excluding hydrogens is 396 g/mol. The molecule has 5 nitrogen and oxygen atoms in total. The number of nitrogens with one attached hydrogen (secondary N) is 1. The molecule has 30 heavy (non-hydrogen) atoms. The fraction of sp³-hybridized carbons (Fsp3) is 0.458. The quantitative estimate of drug-likeness (QED) is 0.721. The highest BCUT2D eigenvalue weighted by Gasteiger charge is 2.28. The van der Waals surface area contributed by atoms with Gasteiger partial charge < -0.3 is 4.90 Å². The molecule has 1 saturated carbocycles. The molecule has 0 bridgehead atoms. The van der Waals surface area contributed by atoms with E-state index in [4.69, 9.17) is 0 Å². The van der Waals surface area contributed by atoms with Crippen molar-refractivity contribution in [3.63, 3.8) is 0 Å². The molecule has 2 aliphatic rings. The standard InChI is InChI=1S/C24H30N2O3S/c27-24(26-18-6-2-5-9-23(26)20-7-3-1-4-8-20)17-12-19-10-15-22(16-11-19)30(28,29)25-21-13-14-21/h1,3-4,7-8,10-11,15-16,21,23,25H,2,5-6,9,12-14,17-18H2. The van der Waals surface area contributed by atoms with Crippen molar-refractivity contribution in [2.24, 2.45) is 0 Å². The molecule has 6 heteroatoms. The van der Waals surface area contributed by atoms with Gasteiger partial charge in [-0.05, 0) is 55.4 Å². The Hall–Kier alpha value is -2.18. The molecule has 4 rings (SSSR count). The largest absolute Gasteiger partial charge is 0.336 e. The van der Waals surface area contributed by atoms with E-state index >= 15 is 0 Å². The molecule has 0 spiro atoms. The maximum Gasteiger partial charge on any atom is 0.240 e. The highest BCUT2D eigenvalue weighted by Crippen LogP contribution is 2.30. The first kappa shape index (κ1) is 21.1. The first-order valence-corrected chi connectivity index (χ1v) is 12.5. The molecule has 1 heterocycles. The number of benzene rings is 2. The second kappa shape index (κ2) is 9.31. The van der Waals surface area contributed by atoms with Crippen molar-refractivity contribution in [2.45, 2.75) is 68.3 Å². The number of carbonyl (C=O) groups is 1. The van der Waals surface area contributed by atoms with Gasteiger partial charge in [0.05, 0.1) is 10.9 Å². The van der Waals surface area contributed by atoms with Crippen LogP contribution in [0.2, 0.25) is 0 Å². The fourth-order valence-electron chi connectivity index (χ4n) is 4.15. The van der Waals surface area contributed by atoms with Gasteiger partial charge in [-0.15, -0.1) is 0 Å². The van der Waals surface area contributed by atoms with Crippen LogP contribution in [0.25, 0.3) is 0 Å². The van der Waals surface area contributed by atoms with Crippen molar-refractivity contribution in [1.29, 1.82) is 0 Å². The molecule has 1 aliphatic heterocycles. The second-order valence-corrected chi connectivity index (χ2v) is 10.1. The third kappa shape index (κ3) is 5.29. The van der Waals surface area contributed by atoms with Crippen LogP contribution in [-0.2, 0) is 21.2 Å². The summed E-state index contributed by atoms with van der Waals surface area (Å²) in [4.78, 5) is 15.4. The smallest absolute Gasteiger partial charge is 0.240 e. The van der Waals surface area contributed by atoms with Crippen LogP contribution in [0.15, 0.2) is 59.5 Å². The van der Waals surface area contributed by atoms with E-state index in [2.05, 4.69) is 21.8 Å². The van der Waals surface area contributed by atoms with Crippen molar-refractivity contribution >= 4 is 15.9 Å². The lowest BCUT2D eigenvalue weighted by molar-refractivity contribution is -0.133. The molecule has 2 aromatic carbocycles. The Balaban J connectivity index is 1.39. The van der Waals surface area contributed by atoms with E-state index in [9.17, 15) is 13.2 Å². The van der Waals surface area contributed by atoms with Crippen LogP contribution >= 0.6 is 0 Å². The lowest BCUT2D eigenvalue weighted by Crippen LogP contribution is -2.35. The number of hydrogen-bond acceptors (Lipinski definition) is 3. The second-order valence-electron chi connectivity index (χ2n) is 8.40. The van der Waals surface area contributed by atoms with Crippen LogP contribution in [-0.4, -0.2) is 31.8 Å². The fourth-order valence-corrected chi connectivity index (χ4v) is 5.45. The number of hydrogen-bond donors (Lipinski definition) is 1. The van der Waals surface area contributed by atoms with Crippen molar-refractivity contribution < 1.29 is 13.2 Å². The minimum Gasteiger partial charge on any atom is -0.336 e. The highest BCUT2D eigenvalue weighted by atomic mass is 32.2. The monoisotopic (exact) mass is 426 g/mol. The van der Waals surface area contributed by atoms with Gasteiger partial charge >= 0.3 is 0 Å². The number of carbonyl (C=O) groups excluding carboxylic acids is 1. The molecule has 0 radical (unpaired) electrons. The predicted octanol–water partition coefficient (Wildman–Crippen LogP) is 4.20. The van der Waals surface area contributed by atoms with Crippen molar-refractivity contribution in [3.05, 3.63) is 65.7 Å². The third-order valence-electron chi connectivity index (χ3n) is 6.02. The van der Waals surface area contributed by atoms with Crippen LogP contribution in [0.1, 0.15) is 62.1 Å². The average Bonchev–Trinajstić information content (AvgIpc) is 3.59. The van der Waals surface area contributed by atoms with Gasteiger partial charge in [0.1, 0.15) is 0 Å². The van der Waals surface area contributed by atoms with Gasteiger partial charge in [0.2, 0.25) is 15.9 Å². The summed E-state index contributed by atoms with van der Waals surface area (Å²) in [5, 5.41) is 0. The Morgan fingerprint density at radius 2 is 1.67 bits per heavy atom.